The molecule has 0 aliphatic carbocycles. The Morgan fingerprint density at radius 2 is 1.71 bits per heavy atom. The number of nitrogens with one attached hydrogen (secondary N) is 2. The molecule has 1 heterocycles. The van der Waals surface area contributed by atoms with E-state index in [9.17, 15) is 9.59 Å². The number of thioether (sulfide) groups is 1. The number of rotatable bonds is 11. The van der Waals surface area contributed by atoms with Crippen LogP contribution in [0.5, 0.6) is 5.75 Å². The molecule has 186 valence electrons. The van der Waals surface area contributed by atoms with Crippen LogP contribution in [0.15, 0.2) is 53.7 Å². The second-order valence-corrected chi connectivity index (χ2v) is 9.34. The van der Waals surface area contributed by atoms with Crippen LogP contribution in [0.3, 0.4) is 0 Å². The van der Waals surface area contributed by atoms with Crippen molar-refractivity contribution >= 4 is 29.3 Å². The molecule has 8 nitrogen and oxygen atoms in total. The summed E-state index contributed by atoms with van der Waals surface area (Å²) in [7, 11) is 1.59. The van der Waals surface area contributed by atoms with E-state index in [4.69, 9.17) is 4.74 Å². The van der Waals surface area contributed by atoms with Crippen LogP contribution in [-0.4, -0.2) is 39.4 Å². The Morgan fingerprint density at radius 3 is 2.29 bits per heavy atom. The predicted molar refractivity (Wildman–Crippen MR) is 139 cm³/mol. The molecule has 0 aliphatic rings. The van der Waals surface area contributed by atoms with Gasteiger partial charge in [0.25, 0.3) is 5.91 Å². The summed E-state index contributed by atoms with van der Waals surface area (Å²) in [6.45, 7) is 8.76. The molecule has 0 bridgehead atoms. The molecular formula is C26H33N5O3S. The van der Waals surface area contributed by atoms with Crippen LogP contribution in [-0.2, 0) is 17.8 Å². The van der Waals surface area contributed by atoms with Crippen LogP contribution in [0.4, 0.5) is 5.69 Å². The molecule has 2 aromatic carbocycles. The fourth-order valence-corrected chi connectivity index (χ4v) is 4.39. The van der Waals surface area contributed by atoms with Crippen molar-refractivity contribution in [3.8, 4) is 5.75 Å². The minimum absolute atomic E-state index is 0.0824. The standard InChI is InChI=1S/C26H33N5O3S/c1-6-18-8-12-20(13-9-18)27-22(32)16-35-26-30-29-24(31(26)7-2)23(17(3)4)28-25(33)19-10-14-21(34-5)15-11-19/h8-15,17,23H,6-7,16H2,1-5H3,(H,27,32)(H,28,33). The maximum atomic E-state index is 12.9. The van der Waals surface area contributed by atoms with Crippen LogP contribution in [0.2, 0.25) is 0 Å². The van der Waals surface area contributed by atoms with E-state index >= 15 is 0 Å². The highest BCUT2D eigenvalue weighted by Crippen LogP contribution is 2.26. The van der Waals surface area contributed by atoms with Gasteiger partial charge < -0.3 is 19.9 Å². The first-order valence-electron chi connectivity index (χ1n) is 11.8. The highest BCUT2D eigenvalue weighted by atomic mass is 32.2. The molecule has 0 saturated heterocycles. The monoisotopic (exact) mass is 495 g/mol. The number of carbonyl (C=O) groups excluding carboxylic acids is 2. The summed E-state index contributed by atoms with van der Waals surface area (Å²) in [6, 6.07) is 14.5. The second kappa shape index (κ2) is 12.4. The van der Waals surface area contributed by atoms with Crippen molar-refractivity contribution in [3.05, 3.63) is 65.5 Å². The lowest BCUT2D eigenvalue weighted by atomic mass is 10.0. The number of nitrogens with zero attached hydrogens (tertiary/aromatic N) is 3. The summed E-state index contributed by atoms with van der Waals surface area (Å²) in [5.41, 5.74) is 2.53. The lowest BCUT2D eigenvalue weighted by Crippen LogP contribution is -2.33. The van der Waals surface area contributed by atoms with Crippen LogP contribution < -0.4 is 15.4 Å². The molecule has 1 atom stereocenters. The van der Waals surface area contributed by atoms with Gasteiger partial charge in [-0.3, -0.25) is 9.59 Å². The van der Waals surface area contributed by atoms with Crippen molar-refractivity contribution in [1.29, 1.82) is 0 Å². The summed E-state index contributed by atoms with van der Waals surface area (Å²) in [5, 5.41) is 15.4. The molecular weight excluding hydrogens is 462 g/mol. The van der Waals surface area contributed by atoms with Gasteiger partial charge in [0.05, 0.1) is 18.9 Å². The number of hydrogen-bond acceptors (Lipinski definition) is 6. The SMILES string of the molecule is CCc1ccc(NC(=O)CSc2nnc(C(NC(=O)c3ccc(OC)cc3)C(C)C)n2CC)cc1. The molecule has 0 spiro atoms. The average molecular weight is 496 g/mol. The number of amides is 2. The van der Waals surface area contributed by atoms with Crippen molar-refractivity contribution in [2.45, 2.75) is 51.9 Å². The lowest BCUT2D eigenvalue weighted by Gasteiger charge is -2.22. The van der Waals surface area contributed by atoms with E-state index in [2.05, 4.69) is 27.8 Å². The van der Waals surface area contributed by atoms with Crippen molar-refractivity contribution in [3.63, 3.8) is 0 Å². The zero-order chi connectivity index (χ0) is 25.4. The fraction of sp³-hybridized carbons (Fsp3) is 0.385. The second-order valence-electron chi connectivity index (χ2n) is 8.40. The molecule has 1 aromatic heterocycles. The maximum absolute atomic E-state index is 12.9. The Balaban J connectivity index is 1.68. The number of carbonyl (C=O) groups is 2. The van der Waals surface area contributed by atoms with Gasteiger partial charge in [0.15, 0.2) is 11.0 Å². The Hall–Kier alpha value is -3.33. The number of ether oxygens (including phenoxy) is 1. The predicted octanol–water partition coefficient (Wildman–Crippen LogP) is 4.73. The molecule has 3 aromatic rings. The van der Waals surface area contributed by atoms with E-state index in [-0.39, 0.29) is 29.5 Å². The fourth-order valence-electron chi connectivity index (χ4n) is 3.58. The highest BCUT2D eigenvalue weighted by Gasteiger charge is 2.26. The van der Waals surface area contributed by atoms with Gasteiger partial charge in [-0.25, -0.2) is 0 Å². The molecule has 2 N–H and O–H groups in total. The third kappa shape index (κ3) is 6.85. The molecule has 3 rings (SSSR count). The van der Waals surface area contributed by atoms with E-state index in [1.807, 2.05) is 49.6 Å². The third-order valence-corrected chi connectivity index (χ3v) is 6.59. The van der Waals surface area contributed by atoms with Gasteiger partial charge in [-0.15, -0.1) is 10.2 Å². The van der Waals surface area contributed by atoms with Gasteiger partial charge in [0.1, 0.15) is 5.75 Å². The van der Waals surface area contributed by atoms with Crippen molar-refractivity contribution < 1.29 is 14.3 Å². The molecule has 0 fully saturated rings. The Morgan fingerprint density at radius 1 is 1.03 bits per heavy atom. The van der Waals surface area contributed by atoms with E-state index in [0.717, 1.165) is 12.1 Å². The molecule has 0 saturated carbocycles. The van der Waals surface area contributed by atoms with Crippen LogP contribution in [0.1, 0.15) is 55.5 Å². The highest BCUT2D eigenvalue weighted by molar-refractivity contribution is 7.99. The van der Waals surface area contributed by atoms with Gasteiger partial charge >= 0.3 is 0 Å². The largest absolute Gasteiger partial charge is 0.497 e. The van der Waals surface area contributed by atoms with Gasteiger partial charge in [-0.05, 0) is 61.2 Å². The van der Waals surface area contributed by atoms with Crippen molar-refractivity contribution in [1.82, 2.24) is 20.1 Å². The summed E-state index contributed by atoms with van der Waals surface area (Å²) < 4.78 is 7.12. The summed E-state index contributed by atoms with van der Waals surface area (Å²) in [5.74, 6) is 1.34. The van der Waals surface area contributed by atoms with Crippen LogP contribution in [0, 0.1) is 5.92 Å². The van der Waals surface area contributed by atoms with E-state index in [1.165, 1.54) is 17.3 Å². The first-order chi connectivity index (χ1) is 16.9. The number of hydrogen-bond donors (Lipinski definition) is 2. The maximum Gasteiger partial charge on any atom is 0.251 e. The molecule has 35 heavy (non-hydrogen) atoms. The quantitative estimate of drug-likeness (QED) is 0.373. The number of methoxy groups -OCH3 is 1. The third-order valence-electron chi connectivity index (χ3n) is 5.62. The minimum Gasteiger partial charge on any atom is -0.497 e. The number of aromatic nitrogens is 3. The molecule has 0 aliphatic heterocycles. The van der Waals surface area contributed by atoms with Gasteiger partial charge in [-0.1, -0.05) is 44.7 Å². The first kappa shape index (κ1) is 26.3. The zero-order valence-corrected chi connectivity index (χ0v) is 21.7. The molecule has 1 unspecified atom stereocenters. The van der Waals surface area contributed by atoms with E-state index in [1.54, 1.807) is 31.4 Å². The lowest BCUT2D eigenvalue weighted by molar-refractivity contribution is -0.113. The topological polar surface area (TPSA) is 98.1 Å². The Labute approximate surface area is 210 Å². The minimum atomic E-state index is -0.336. The van der Waals surface area contributed by atoms with Crippen molar-refractivity contribution in [2.75, 3.05) is 18.2 Å². The summed E-state index contributed by atoms with van der Waals surface area (Å²) in [6.07, 6.45) is 0.955. The Kier molecular flexibility index (Phi) is 9.31. The van der Waals surface area contributed by atoms with Gasteiger partial charge in [-0.2, -0.15) is 0 Å². The first-order valence-corrected chi connectivity index (χ1v) is 12.7. The van der Waals surface area contributed by atoms with Gasteiger partial charge in [0, 0.05) is 17.8 Å². The number of benzene rings is 2. The van der Waals surface area contributed by atoms with E-state index in [0.29, 0.717) is 28.8 Å². The van der Waals surface area contributed by atoms with Crippen molar-refractivity contribution in [2.24, 2.45) is 5.92 Å². The normalized spacial score (nSPS) is 11.8. The molecule has 9 heteroatoms. The van der Waals surface area contributed by atoms with E-state index < -0.39 is 0 Å². The molecule has 2 amide bonds. The average Bonchev–Trinajstić information content (AvgIpc) is 3.28. The number of aryl methyl sites for hydroxylation is 1. The zero-order valence-electron chi connectivity index (χ0n) is 20.9. The smallest absolute Gasteiger partial charge is 0.251 e. The number of anilines is 1. The molecule has 0 radical (unpaired) electrons. The summed E-state index contributed by atoms with van der Waals surface area (Å²) >= 11 is 1.33. The summed E-state index contributed by atoms with van der Waals surface area (Å²) in [4.78, 5) is 25.4. The van der Waals surface area contributed by atoms with Crippen LogP contribution in [0.25, 0.3) is 0 Å². The van der Waals surface area contributed by atoms with Crippen LogP contribution >= 0.6 is 11.8 Å². The Bertz CT molecular complexity index is 1130. The van der Waals surface area contributed by atoms with Gasteiger partial charge in [0.2, 0.25) is 5.91 Å².